The third kappa shape index (κ3) is 7.06. The highest BCUT2D eigenvalue weighted by Gasteiger charge is 2.56. The zero-order valence-corrected chi connectivity index (χ0v) is 51.2. The summed E-state index contributed by atoms with van der Waals surface area (Å²) in [6, 6.07) is 57.8. The number of rotatable bonds is 8. The fraction of sp³-hybridized carbons (Fsp3) is 0.0882. The van der Waals surface area contributed by atoms with E-state index in [0.29, 0.717) is 22.2 Å². The summed E-state index contributed by atoms with van der Waals surface area (Å²) in [6.07, 6.45) is 3.20. The van der Waals surface area contributed by atoms with Gasteiger partial charge in [0.15, 0.2) is 0 Å². The zero-order chi connectivity index (χ0) is 56.9. The van der Waals surface area contributed by atoms with Crippen molar-refractivity contribution in [3.63, 3.8) is 0 Å². The molecule has 0 N–H and O–H groups in total. The number of aromatic nitrogens is 4. The van der Waals surface area contributed by atoms with Crippen molar-refractivity contribution in [2.75, 3.05) is 0 Å². The van der Waals surface area contributed by atoms with E-state index in [1.54, 1.807) is 12.2 Å². The number of hydrogen-bond acceptors (Lipinski definition) is 16. The first-order chi connectivity index (χ1) is 41.0. The molecule has 0 saturated heterocycles. The maximum Gasteiger partial charge on any atom is 0.130 e. The van der Waals surface area contributed by atoms with Crippen molar-refractivity contribution in [3.8, 4) is 64.7 Å². The Morgan fingerprint density at radius 3 is 1.01 bits per heavy atom. The van der Waals surface area contributed by atoms with Crippen LogP contribution in [0.1, 0.15) is 77.9 Å². The van der Waals surface area contributed by atoms with Crippen LogP contribution in [0.5, 0.6) is 0 Å². The van der Waals surface area contributed by atoms with Crippen molar-refractivity contribution in [2.24, 2.45) is 0 Å². The molecule has 84 heavy (non-hydrogen) atoms. The fourth-order valence-electron chi connectivity index (χ4n) is 12.8. The SMILES string of the molecule is Cc1ccc(C2(c3ccc(C)cc3)c3c(sc4cc(-c5ccc(C=C(C#N)C#N)c6nsnc56)sc34)-c3sc4c5c(sc4c32)-c2sc3cc(-c4ccc(C=C(C#N)C#N)c6nsnc46)sc3c2C5(c2ccc(C)cc2)c2ccc(C)cc2)cc1. The molecule has 8 nitrogen and oxygen atoms in total. The van der Waals surface area contributed by atoms with Crippen LogP contribution in [0.15, 0.2) is 145 Å². The number of hydrogen-bond donors (Lipinski definition) is 0. The lowest BCUT2D eigenvalue weighted by Crippen LogP contribution is -2.29. The van der Waals surface area contributed by atoms with Gasteiger partial charge >= 0.3 is 0 Å². The maximum absolute atomic E-state index is 9.65. The van der Waals surface area contributed by atoms with Gasteiger partial charge < -0.3 is 0 Å². The Balaban J connectivity index is 0.978. The third-order valence-electron chi connectivity index (χ3n) is 16.6. The Morgan fingerprint density at radius 2 is 0.679 bits per heavy atom. The molecule has 2 aliphatic rings. The Kier molecular flexibility index (Phi) is 11.5. The molecule has 0 atom stereocenters. The summed E-state index contributed by atoms with van der Waals surface area (Å²) in [5, 5.41) is 38.6. The fourth-order valence-corrected chi connectivity index (χ4v) is 22.9. The Labute approximate surface area is 513 Å². The van der Waals surface area contributed by atoms with Gasteiger partial charge in [-0.2, -0.15) is 38.5 Å². The lowest BCUT2D eigenvalue weighted by molar-refractivity contribution is 0.783. The molecule has 0 aliphatic heterocycles. The second kappa shape index (κ2) is 18.9. The quantitative estimate of drug-likeness (QED) is 0.137. The van der Waals surface area contributed by atoms with Gasteiger partial charge in [0.2, 0.25) is 0 Å². The van der Waals surface area contributed by atoms with Crippen LogP contribution in [0, 0.1) is 73.0 Å². The van der Waals surface area contributed by atoms with Gasteiger partial charge in [-0.1, -0.05) is 144 Å². The number of fused-ring (bicyclic) bond motifs is 15. The molecule has 0 saturated carbocycles. The summed E-state index contributed by atoms with van der Waals surface area (Å²) in [7, 11) is 0. The van der Waals surface area contributed by atoms with Crippen LogP contribution >= 0.6 is 91.5 Å². The second-order valence-corrected chi connectivity index (χ2v) is 28.7. The van der Waals surface area contributed by atoms with Gasteiger partial charge in [0.1, 0.15) is 57.5 Å². The van der Waals surface area contributed by atoms with Crippen LogP contribution in [0.3, 0.4) is 0 Å². The number of allylic oxidation sites excluding steroid dienone is 2. The minimum Gasteiger partial charge on any atom is -0.192 e. The van der Waals surface area contributed by atoms with Crippen molar-refractivity contribution in [1.82, 2.24) is 17.5 Å². The smallest absolute Gasteiger partial charge is 0.130 e. The summed E-state index contributed by atoms with van der Waals surface area (Å²) in [5.74, 6) is 0. The highest BCUT2D eigenvalue weighted by Crippen LogP contribution is 2.72. The molecule has 0 fully saturated rings. The summed E-state index contributed by atoms with van der Waals surface area (Å²) in [4.78, 5) is 7.41. The van der Waals surface area contributed by atoms with E-state index in [2.05, 4.69) is 158 Å². The molecular formula is C68H36N8S8. The zero-order valence-electron chi connectivity index (χ0n) is 44.7. The average molecular weight is 1220 g/mol. The monoisotopic (exact) mass is 1220 g/mol. The average Bonchev–Trinajstić information content (AvgIpc) is 1.50. The first kappa shape index (κ1) is 51.1. The molecular weight excluding hydrogens is 1190 g/mol. The second-order valence-electron chi connectivity index (χ2n) is 21.3. The van der Waals surface area contributed by atoms with Crippen LogP contribution in [0.25, 0.3) is 103 Å². The standard InChI is InChI=1S/C68H36N8S8/c1-33-5-15-41(16-6-33)67(42-17-7-34(2)8-18-42)51-59-49(27-47(77-59)45-23-13-39(25-37(29-69)30-70)55-57(45)75-83-73-55)79-61(51)63-53(67)65-66(81-63)54-64(82-65)62-52(68(54,43-19-9-35(3)10-20-43)44-21-11-36(4)12-22-44)60-50(80-62)28-48(78-60)46-24-14-40(26-38(31-71)32-72)56-58(46)76-84-74-56/h5-28H,1-4H3. The van der Waals surface area contributed by atoms with Gasteiger partial charge in [-0.15, -0.1) is 68.0 Å². The normalized spacial score (nSPS) is 13.4. The van der Waals surface area contributed by atoms with Gasteiger partial charge in [0, 0.05) is 63.7 Å². The molecule has 0 spiro atoms. The minimum absolute atomic E-state index is 0.0194. The Bertz CT molecular complexity index is 4950. The number of benzene rings is 6. The number of thiophene rings is 6. The molecule has 16 heteroatoms. The van der Waals surface area contributed by atoms with Gasteiger partial charge in [0.05, 0.1) is 72.6 Å². The molecule has 14 aromatic rings. The number of nitriles is 4. The van der Waals surface area contributed by atoms with E-state index in [1.165, 1.54) is 114 Å². The van der Waals surface area contributed by atoms with E-state index in [0.717, 1.165) is 55.4 Å². The van der Waals surface area contributed by atoms with E-state index >= 15 is 0 Å². The third-order valence-corrected chi connectivity index (χ3v) is 25.4. The summed E-state index contributed by atoms with van der Waals surface area (Å²) in [5.41, 5.74) is 19.9. The first-order valence-corrected chi connectivity index (χ1v) is 33.0. The van der Waals surface area contributed by atoms with Crippen LogP contribution < -0.4 is 0 Å². The molecule has 16 rings (SSSR count). The van der Waals surface area contributed by atoms with Crippen LogP contribution in [0.2, 0.25) is 0 Å². The highest BCUT2D eigenvalue weighted by atomic mass is 32.1. The van der Waals surface area contributed by atoms with E-state index < -0.39 is 10.8 Å². The van der Waals surface area contributed by atoms with Crippen molar-refractivity contribution < 1.29 is 0 Å². The maximum atomic E-state index is 9.65. The van der Waals surface area contributed by atoms with Crippen LogP contribution in [-0.2, 0) is 10.8 Å². The molecule has 396 valence electrons. The van der Waals surface area contributed by atoms with E-state index in [9.17, 15) is 21.0 Å². The van der Waals surface area contributed by atoms with Gasteiger partial charge in [-0.25, -0.2) is 0 Å². The Hall–Kier alpha value is -8.62. The van der Waals surface area contributed by atoms with Crippen LogP contribution in [-0.4, -0.2) is 17.5 Å². The minimum atomic E-state index is -0.698. The molecule has 8 aromatic heterocycles. The summed E-state index contributed by atoms with van der Waals surface area (Å²) in [6.45, 7) is 8.68. The van der Waals surface area contributed by atoms with E-state index in [4.69, 9.17) is 8.75 Å². The predicted molar refractivity (Wildman–Crippen MR) is 351 cm³/mol. The largest absolute Gasteiger partial charge is 0.192 e. The lowest BCUT2D eigenvalue weighted by Gasteiger charge is -2.34. The van der Waals surface area contributed by atoms with Crippen molar-refractivity contribution in [3.05, 3.63) is 222 Å². The van der Waals surface area contributed by atoms with Gasteiger partial charge in [0.25, 0.3) is 0 Å². The lowest BCUT2D eigenvalue weighted by atomic mass is 9.67. The van der Waals surface area contributed by atoms with Crippen LogP contribution in [0.4, 0.5) is 0 Å². The summed E-state index contributed by atoms with van der Waals surface area (Å²) < 4.78 is 26.6. The van der Waals surface area contributed by atoms with Gasteiger partial charge in [-0.05, 0) is 74.2 Å². The summed E-state index contributed by atoms with van der Waals surface area (Å²) >= 11 is 13.6. The molecule has 2 aliphatic carbocycles. The van der Waals surface area contributed by atoms with Crippen molar-refractivity contribution >= 4 is 154 Å². The number of nitrogens with zero attached hydrogens (tertiary/aromatic N) is 8. The van der Waals surface area contributed by atoms with E-state index in [1.807, 2.05) is 104 Å². The molecule has 0 bridgehead atoms. The van der Waals surface area contributed by atoms with Gasteiger partial charge in [-0.3, -0.25) is 0 Å². The number of aryl methyl sites for hydroxylation is 4. The predicted octanol–water partition coefficient (Wildman–Crippen LogP) is 19.7. The molecule has 8 heterocycles. The topological polar surface area (TPSA) is 147 Å². The molecule has 0 amide bonds. The molecule has 0 radical (unpaired) electrons. The Morgan fingerprint density at radius 1 is 0.369 bits per heavy atom. The van der Waals surface area contributed by atoms with Crippen molar-refractivity contribution in [1.29, 1.82) is 21.0 Å². The first-order valence-electron chi connectivity index (χ1n) is 26.6. The molecule has 6 aromatic carbocycles. The van der Waals surface area contributed by atoms with E-state index in [-0.39, 0.29) is 11.1 Å². The highest BCUT2D eigenvalue weighted by molar-refractivity contribution is 7.38. The molecule has 0 unspecified atom stereocenters. The van der Waals surface area contributed by atoms with Crippen molar-refractivity contribution in [2.45, 2.75) is 38.5 Å².